The number of anilines is 7. The van der Waals surface area contributed by atoms with E-state index in [4.69, 9.17) is 0 Å². The smallest absolute Gasteiger partial charge is 0.0472 e. The summed E-state index contributed by atoms with van der Waals surface area (Å²) in [5.41, 5.74) is 20.5. The van der Waals surface area contributed by atoms with E-state index in [1.807, 2.05) is 6.07 Å². The summed E-state index contributed by atoms with van der Waals surface area (Å²) in [5.74, 6) is 6.83. The van der Waals surface area contributed by atoms with Gasteiger partial charge in [0, 0.05) is 68.5 Å². The third-order valence-electron chi connectivity index (χ3n) is 13.3. The van der Waals surface area contributed by atoms with Gasteiger partial charge in [0.25, 0.3) is 0 Å². The van der Waals surface area contributed by atoms with Crippen molar-refractivity contribution >= 4 is 51.0 Å². The molecule has 1 N–H and O–H groups in total. The fraction of sp³-hybridized carbons (Fsp3) is 0.0769. The summed E-state index contributed by atoms with van der Waals surface area (Å²) in [7, 11) is 0. The van der Waals surface area contributed by atoms with Crippen molar-refractivity contribution in [1.29, 1.82) is 0 Å². The summed E-state index contributed by atoms with van der Waals surface area (Å²) < 4.78 is 0. The van der Waals surface area contributed by atoms with E-state index < -0.39 is 0 Å². The van der Waals surface area contributed by atoms with Crippen molar-refractivity contribution in [2.45, 2.75) is 32.1 Å². The summed E-state index contributed by atoms with van der Waals surface area (Å²) >= 11 is 0. The molecule has 0 saturated carbocycles. The molecule has 3 aliphatic carbocycles. The second-order valence-corrected chi connectivity index (χ2v) is 18.0. The molecule has 0 aliphatic heterocycles. The van der Waals surface area contributed by atoms with Crippen molar-refractivity contribution in [2.24, 2.45) is 0 Å². The minimum Gasteiger partial charge on any atom is -0.355 e. The van der Waals surface area contributed by atoms with E-state index in [1.165, 1.54) is 44.5 Å². The topological polar surface area (TPSA) is 18.5 Å². The normalized spacial score (nSPS) is 14.2. The van der Waals surface area contributed by atoms with Gasteiger partial charge in [-0.1, -0.05) is 177 Å². The molecule has 0 saturated heterocycles. The van der Waals surface area contributed by atoms with Gasteiger partial charge in [-0.05, 0) is 142 Å². The van der Waals surface area contributed by atoms with Crippen molar-refractivity contribution < 1.29 is 0 Å². The molecule has 0 radical (unpaired) electrons. The van der Waals surface area contributed by atoms with Gasteiger partial charge in [-0.3, -0.25) is 0 Å². The Balaban J connectivity index is 1.03. The van der Waals surface area contributed by atoms with Crippen LogP contribution in [0.1, 0.15) is 48.9 Å². The Bertz CT molecular complexity index is 3360. The Labute approximate surface area is 401 Å². The molecule has 11 rings (SSSR count). The molecule has 68 heavy (non-hydrogen) atoms. The molecule has 0 bridgehead atoms. The second kappa shape index (κ2) is 18.4. The lowest BCUT2D eigenvalue weighted by Gasteiger charge is -2.30. The Morgan fingerprint density at radius 3 is 1.81 bits per heavy atom. The van der Waals surface area contributed by atoms with E-state index in [-0.39, 0.29) is 5.41 Å². The first kappa shape index (κ1) is 42.1. The van der Waals surface area contributed by atoms with Gasteiger partial charge in [-0.25, -0.2) is 0 Å². The molecule has 0 spiro atoms. The molecule has 326 valence electrons. The van der Waals surface area contributed by atoms with Crippen LogP contribution in [0, 0.1) is 11.8 Å². The molecule has 3 heteroatoms. The molecule has 8 aromatic rings. The number of rotatable bonds is 11. The van der Waals surface area contributed by atoms with Gasteiger partial charge in [0.15, 0.2) is 0 Å². The Morgan fingerprint density at radius 1 is 0.485 bits per heavy atom. The third-order valence-corrected chi connectivity index (χ3v) is 13.3. The van der Waals surface area contributed by atoms with Crippen molar-refractivity contribution in [1.82, 2.24) is 0 Å². The summed E-state index contributed by atoms with van der Waals surface area (Å²) in [6.45, 7) is 4.69. The number of nitrogens with zero attached hydrogens (tertiary/aromatic N) is 2. The number of hydrogen-bond donors (Lipinski definition) is 1. The highest BCUT2D eigenvalue weighted by molar-refractivity contribution is 5.92. The number of para-hydroxylation sites is 1. The average Bonchev–Trinajstić information content (AvgIpc) is 3.70. The molecule has 3 aliphatic rings. The Hall–Kier alpha value is -8.58. The lowest BCUT2D eigenvalue weighted by atomic mass is 9.82. The lowest BCUT2D eigenvalue weighted by molar-refractivity contribution is 0.660. The van der Waals surface area contributed by atoms with Gasteiger partial charge >= 0.3 is 0 Å². The van der Waals surface area contributed by atoms with Gasteiger partial charge in [-0.15, -0.1) is 0 Å². The second-order valence-electron chi connectivity index (χ2n) is 18.0. The Morgan fingerprint density at radius 2 is 1.06 bits per heavy atom. The monoisotopic (exact) mass is 873 g/mol. The van der Waals surface area contributed by atoms with E-state index in [1.54, 1.807) is 0 Å². The highest BCUT2D eigenvalue weighted by Gasteiger charge is 2.35. The van der Waals surface area contributed by atoms with Crippen molar-refractivity contribution in [3.63, 3.8) is 0 Å². The molecule has 0 unspecified atom stereocenters. The molecule has 8 aromatic carbocycles. The van der Waals surface area contributed by atoms with Crippen molar-refractivity contribution in [2.75, 3.05) is 15.1 Å². The van der Waals surface area contributed by atoms with Crippen LogP contribution in [0.2, 0.25) is 0 Å². The zero-order valence-corrected chi connectivity index (χ0v) is 38.4. The van der Waals surface area contributed by atoms with Gasteiger partial charge in [-0.2, -0.15) is 0 Å². The minimum absolute atomic E-state index is 0.0820. The van der Waals surface area contributed by atoms with E-state index in [9.17, 15) is 0 Å². The quantitative estimate of drug-likeness (QED) is 0.131. The van der Waals surface area contributed by atoms with Crippen LogP contribution in [-0.2, 0) is 5.41 Å². The van der Waals surface area contributed by atoms with Crippen LogP contribution in [0.5, 0.6) is 0 Å². The number of allylic oxidation sites excluding steroid dienone is 9. The molecule has 3 nitrogen and oxygen atoms in total. The van der Waals surface area contributed by atoms with Crippen LogP contribution in [0.25, 0.3) is 33.4 Å². The van der Waals surface area contributed by atoms with Crippen LogP contribution in [0.15, 0.2) is 248 Å². The van der Waals surface area contributed by atoms with Crippen molar-refractivity contribution in [3.8, 4) is 34.1 Å². The predicted octanol–water partition coefficient (Wildman–Crippen LogP) is 17.3. The van der Waals surface area contributed by atoms with E-state index in [2.05, 4.69) is 277 Å². The molecule has 0 amide bonds. The zero-order valence-electron chi connectivity index (χ0n) is 38.4. The highest BCUT2D eigenvalue weighted by atomic mass is 15.2. The summed E-state index contributed by atoms with van der Waals surface area (Å²) in [5, 5.41) is 3.70. The van der Waals surface area contributed by atoms with Gasteiger partial charge in [0.2, 0.25) is 0 Å². The maximum Gasteiger partial charge on any atom is 0.0472 e. The molecular formula is C65H51N3. The standard InChI is InChI=1S/C65H51N3/c1-65(2)62-30-17-16-29-59(62)61-46-57(41-43-63(61)65)67(53-28-18-25-49(31-34-53)47-19-10-5-11-20-47)55-37-39-56(40-38-55)68(54-35-32-50(33-36-54)48-21-12-6-13-22-48)58-42-44-64(66-52-26-14-7-15-27-52)60(45-58)51-23-8-3-4-9-24-51/h3,5-8,10-17,19-23,25-46,66H,4,18H2,1-2H3. The molecule has 0 atom stereocenters. The molecule has 0 aromatic heterocycles. The summed E-state index contributed by atoms with van der Waals surface area (Å²) in [6.07, 6.45) is 17.1. The maximum atomic E-state index is 3.70. The first-order chi connectivity index (χ1) is 33.5. The first-order valence-electron chi connectivity index (χ1n) is 23.5. The predicted molar refractivity (Wildman–Crippen MR) is 288 cm³/mol. The number of benzene rings is 8. The van der Waals surface area contributed by atoms with Gasteiger partial charge in [0.05, 0.1) is 0 Å². The fourth-order valence-electron chi connectivity index (χ4n) is 9.87. The largest absolute Gasteiger partial charge is 0.355 e. The van der Waals surface area contributed by atoms with E-state index in [0.717, 1.165) is 69.5 Å². The maximum absolute atomic E-state index is 3.70. The van der Waals surface area contributed by atoms with Gasteiger partial charge in [0.1, 0.15) is 0 Å². The Kier molecular flexibility index (Phi) is 11.4. The molecule has 0 heterocycles. The SMILES string of the molecule is CC1(C)c2ccccc2-c2cc(N(C3=CCC=C(c4ccccc4)C=C3)c3ccc(N(c4ccc(-c5ccccc5)cc4)c4ccc(Nc5ccccc5)c(C5=CC=CCC#C5)c4)cc3)ccc21. The van der Waals surface area contributed by atoms with Gasteiger partial charge < -0.3 is 15.1 Å². The number of nitrogens with one attached hydrogen (secondary N) is 1. The van der Waals surface area contributed by atoms with Crippen molar-refractivity contribution in [3.05, 3.63) is 271 Å². The van der Waals surface area contributed by atoms with Crippen LogP contribution in [0.3, 0.4) is 0 Å². The van der Waals surface area contributed by atoms with Crippen LogP contribution >= 0.6 is 0 Å². The average molecular weight is 874 g/mol. The minimum atomic E-state index is -0.0820. The summed E-state index contributed by atoms with van der Waals surface area (Å²) in [4.78, 5) is 4.77. The number of fused-ring (bicyclic) bond motifs is 3. The van der Waals surface area contributed by atoms with Crippen LogP contribution in [-0.4, -0.2) is 0 Å². The lowest BCUT2D eigenvalue weighted by Crippen LogP contribution is -2.17. The van der Waals surface area contributed by atoms with Crippen LogP contribution < -0.4 is 15.1 Å². The first-order valence-corrected chi connectivity index (χ1v) is 23.5. The third kappa shape index (κ3) is 8.30. The number of hydrogen-bond acceptors (Lipinski definition) is 3. The van der Waals surface area contributed by atoms with E-state index in [0.29, 0.717) is 0 Å². The van der Waals surface area contributed by atoms with E-state index >= 15 is 0 Å². The molecular weight excluding hydrogens is 823 g/mol. The summed E-state index contributed by atoms with van der Waals surface area (Å²) in [6, 6.07) is 72.2. The zero-order chi connectivity index (χ0) is 45.9. The highest BCUT2D eigenvalue weighted by Crippen LogP contribution is 2.50. The van der Waals surface area contributed by atoms with Crippen LogP contribution in [0.4, 0.5) is 39.8 Å². The fourth-order valence-corrected chi connectivity index (χ4v) is 9.87. The molecule has 0 fully saturated rings.